The number of hydrogen-bond donors (Lipinski definition) is 3. The molecule has 0 radical (unpaired) electrons. The summed E-state index contributed by atoms with van der Waals surface area (Å²) in [5.41, 5.74) is 6.18. The molecule has 0 spiro atoms. The monoisotopic (exact) mass is 404 g/mol. The maximum atomic E-state index is 14.5. The molecule has 0 saturated carbocycles. The van der Waals surface area contributed by atoms with Gasteiger partial charge in [0, 0.05) is 36.3 Å². The van der Waals surface area contributed by atoms with Gasteiger partial charge in [-0.2, -0.15) is 0 Å². The first kappa shape index (κ1) is 18.2. The van der Waals surface area contributed by atoms with Gasteiger partial charge in [0.25, 0.3) is 0 Å². The number of carboxylic acid groups (broad SMARTS) is 1. The van der Waals surface area contributed by atoms with E-state index < -0.39 is 17.8 Å². The summed E-state index contributed by atoms with van der Waals surface area (Å²) in [6, 6.07) is 10.4. The number of rotatable bonds is 4. The van der Waals surface area contributed by atoms with Crippen molar-refractivity contribution in [2.24, 2.45) is 0 Å². The lowest BCUT2D eigenvalue weighted by atomic mass is 9.95. The SMILES string of the molecule is O=C(O)C1Cc2ccccc2CN1Nc1nc(-c2c[nH]c3ncccc23)ncc1F. The summed E-state index contributed by atoms with van der Waals surface area (Å²) in [6.07, 6.45) is 4.77. The van der Waals surface area contributed by atoms with Gasteiger partial charge in [-0.05, 0) is 23.3 Å². The highest BCUT2D eigenvalue weighted by Gasteiger charge is 2.32. The number of benzene rings is 1. The molecular formula is C21H17FN6O2. The van der Waals surface area contributed by atoms with Crippen molar-refractivity contribution in [1.29, 1.82) is 0 Å². The highest BCUT2D eigenvalue weighted by atomic mass is 19.1. The number of aromatic amines is 1. The highest BCUT2D eigenvalue weighted by Crippen LogP contribution is 2.28. The molecule has 1 atom stereocenters. The number of aromatic nitrogens is 4. The lowest BCUT2D eigenvalue weighted by molar-refractivity contribution is -0.143. The minimum atomic E-state index is -0.991. The van der Waals surface area contributed by atoms with E-state index in [1.54, 1.807) is 18.5 Å². The third-order valence-electron chi connectivity index (χ3n) is 5.22. The molecule has 1 aliphatic rings. The molecular weight excluding hydrogens is 387 g/mol. The molecule has 9 heteroatoms. The fraction of sp³-hybridized carbons (Fsp3) is 0.143. The standard InChI is InChI=1S/C21H17FN6O2/c22-16-10-25-19(15-9-24-18-14(15)6-3-7-23-18)26-20(16)27-28-11-13-5-2-1-4-12(13)8-17(28)21(29)30/h1-7,9-10,17H,8,11H2,(H,23,24)(H,29,30)(H,25,26,27). The van der Waals surface area contributed by atoms with E-state index in [0.717, 1.165) is 22.7 Å². The van der Waals surface area contributed by atoms with Crippen LogP contribution in [0.4, 0.5) is 10.2 Å². The molecule has 4 heterocycles. The third kappa shape index (κ3) is 3.15. The minimum absolute atomic E-state index is 0.0797. The number of aliphatic carboxylic acids is 1. The summed E-state index contributed by atoms with van der Waals surface area (Å²) in [6.45, 7) is 0.308. The molecule has 5 rings (SSSR count). The maximum absolute atomic E-state index is 14.5. The van der Waals surface area contributed by atoms with Crippen LogP contribution in [0.15, 0.2) is 55.0 Å². The summed E-state index contributed by atoms with van der Waals surface area (Å²) in [5, 5.41) is 12.0. The second-order valence-electron chi connectivity index (χ2n) is 7.06. The lowest BCUT2D eigenvalue weighted by Crippen LogP contribution is -2.48. The normalized spacial score (nSPS) is 16.4. The van der Waals surface area contributed by atoms with Crippen molar-refractivity contribution in [3.05, 3.63) is 71.9 Å². The number of fused-ring (bicyclic) bond motifs is 2. The number of pyridine rings is 1. The summed E-state index contributed by atoms with van der Waals surface area (Å²) < 4.78 is 14.5. The maximum Gasteiger partial charge on any atom is 0.323 e. The number of anilines is 1. The zero-order valence-electron chi connectivity index (χ0n) is 15.7. The minimum Gasteiger partial charge on any atom is -0.480 e. The predicted molar refractivity (Wildman–Crippen MR) is 108 cm³/mol. The summed E-state index contributed by atoms with van der Waals surface area (Å²) in [4.78, 5) is 27.5. The van der Waals surface area contributed by atoms with E-state index in [9.17, 15) is 14.3 Å². The molecule has 4 aromatic rings. The van der Waals surface area contributed by atoms with Gasteiger partial charge in [-0.25, -0.2) is 24.4 Å². The molecule has 1 unspecified atom stereocenters. The Kier molecular flexibility index (Phi) is 4.36. The first-order valence-electron chi connectivity index (χ1n) is 9.38. The first-order chi connectivity index (χ1) is 14.6. The number of nitrogens with zero attached hydrogens (tertiary/aromatic N) is 4. The number of hydrazine groups is 1. The zero-order chi connectivity index (χ0) is 20.7. The van der Waals surface area contributed by atoms with Crippen molar-refractivity contribution < 1.29 is 14.3 Å². The molecule has 0 amide bonds. The summed E-state index contributed by atoms with van der Waals surface area (Å²) in [5.74, 6) is -1.43. The average molecular weight is 404 g/mol. The molecule has 30 heavy (non-hydrogen) atoms. The molecule has 3 aromatic heterocycles. The molecule has 150 valence electrons. The van der Waals surface area contributed by atoms with Crippen molar-refractivity contribution >= 4 is 22.8 Å². The van der Waals surface area contributed by atoms with Crippen LogP contribution in [0.25, 0.3) is 22.4 Å². The van der Waals surface area contributed by atoms with Crippen LogP contribution in [0.3, 0.4) is 0 Å². The highest BCUT2D eigenvalue weighted by molar-refractivity contribution is 5.91. The second-order valence-corrected chi connectivity index (χ2v) is 7.06. The number of H-pyrrole nitrogens is 1. The van der Waals surface area contributed by atoms with Crippen molar-refractivity contribution in [3.8, 4) is 11.4 Å². The fourth-order valence-electron chi connectivity index (χ4n) is 3.71. The van der Waals surface area contributed by atoms with Crippen LogP contribution >= 0.6 is 0 Å². The molecule has 3 N–H and O–H groups in total. The summed E-state index contributed by atoms with van der Waals surface area (Å²) >= 11 is 0. The number of hydrogen-bond acceptors (Lipinski definition) is 6. The van der Waals surface area contributed by atoms with Gasteiger partial charge in [0.05, 0.1) is 6.20 Å². The Morgan fingerprint density at radius 3 is 2.87 bits per heavy atom. The molecule has 1 aliphatic heterocycles. The Bertz CT molecular complexity index is 1260. The van der Waals surface area contributed by atoms with E-state index in [1.807, 2.05) is 30.3 Å². The number of carboxylic acids is 1. The Morgan fingerprint density at radius 1 is 1.20 bits per heavy atom. The topological polar surface area (TPSA) is 107 Å². The largest absolute Gasteiger partial charge is 0.480 e. The Hall–Kier alpha value is -3.85. The van der Waals surface area contributed by atoms with Crippen molar-refractivity contribution in [2.45, 2.75) is 19.0 Å². The average Bonchev–Trinajstić information content (AvgIpc) is 3.19. The molecule has 0 aliphatic carbocycles. The quantitative estimate of drug-likeness (QED) is 0.480. The smallest absolute Gasteiger partial charge is 0.323 e. The fourth-order valence-corrected chi connectivity index (χ4v) is 3.71. The van der Waals surface area contributed by atoms with Gasteiger partial charge in [-0.1, -0.05) is 24.3 Å². The van der Waals surface area contributed by atoms with Crippen molar-refractivity contribution in [1.82, 2.24) is 24.9 Å². The van der Waals surface area contributed by atoms with E-state index in [0.29, 0.717) is 30.0 Å². The number of carbonyl (C=O) groups is 1. The Balaban J connectivity index is 1.50. The van der Waals surface area contributed by atoms with Gasteiger partial charge in [0.2, 0.25) is 0 Å². The Labute approximate surface area is 170 Å². The number of halogens is 1. The molecule has 8 nitrogen and oxygen atoms in total. The van der Waals surface area contributed by atoms with Crippen LogP contribution in [0.1, 0.15) is 11.1 Å². The van der Waals surface area contributed by atoms with E-state index in [1.165, 1.54) is 5.01 Å². The van der Waals surface area contributed by atoms with E-state index >= 15 is 0 Å². The molecule has 0 bridgehead atoms. The third-order valence-corrected chi connectivity index (χ3v) is 5.22. The van der Waals surface area contributed by atoms with Crippen LogP contribution in [-0.2, 0) is 17.8 Å². The van der Waals surface area contributed by atoms with Gasteiger partial charge in [0.15, 0.2) is 17.5 Å². The zero-order valence-corrected chi connectivity index (χ0v) is 15.7. The van der Waals surface area contributed by atoms with Crippen LogP contribution in [0.5, 0.6) is 0 Å². The van der Waals surface area contributed by atoms with Crippen molar-refractivity contribution in [3.63, 3.8) is 0 Å². The number of nitrogens with one attached hydrogen (secondary N) is 2. The Morgan fingerprint density at radius 2 is 2.03 bits per heavy atom. The van der Waals surface area contributed by atoms with Crippen molar-refractivity contribution in [2.75, 3.05) is 5.43 Å². The van der Waals surface area contributed by atoms with Crippen LogP contribution in [0, 0.1) is 5.82 Å². The van der Waals surface area contributed by atoms with Gasteiger partial charge < -0.3 is 10.1 Å². The van der Waals surface area contributed by atoms with Crippen LogP contribution < -0.4 is 5.43 Å². The van der Waals surface area contributed by atoms with E-state index in [2.05, 4.69) is 25.4 Å². The van der Waals surface area contributed by atoms with E-state index in [-0.39, 0.29) is 5.82 Å². The predicted octanol–water partition coefficient (Wildman–Crippen LogP) is 3.00. The van der Waals surface area contributed by atoms with E-state index in [4.69, 9.17) is 0 Å². The van der Waals surface area contributed by atoms with Crippen LogP contribution in [0.2, 0.25) is 0 Å². The molecule has 1 aromatic carbocycles. The van der Waals surface area contributed by atoms with Gasteiger partial charge in [-0.3, -0.25) is 10.2 Å². The second kappa shape index (κ2) is 7.20. The molecule has 0 saturated heterocycles. The van der Waals surface area contributed by atoms with Gasteiger partial charge in [0.1, 0.15) is 11.7 Å². The molecule has 0 fully saturated rings. The lowest BCUT2D eigenvalue weighted by Gasteiger charge is -2.34. The van der Waals surface area contributed by atoms with Gasteiger partial charge >= 0.3 is 5.97 Å². The van der Waals surface area contributed by atoms with Gasteiger partial charge in [-0.15, -0.1) is 0 Å². The first-order valence-corrected chi connectivity index (χ1v) is 9.38. The summed E-state index contributed by atoms with van der Waals surface area (Å²) in [7, 11) is 0. The van der Waals surface area contributed by atoms with Crippen LogP contribution in [-0.4, -0.2) is 42.1 Å².